The van der Waals surface area contributed by atoms with Gasteiger partial charge in [-0.05, 0) is 6.07 Å². The minimum Gasteiger partial charge on any atom is -0.478 e. The lowest BCUT2D eigenvalue weighted by Gasteiger charge is -2.04. The Labute approximate surface area is 78.6 Å². The van der Waals surface area contributed by atoms with Crippen molar-refractivity contribution in [2.24, 2.45) is 0 Å². The minimum atomic E-state index is -2.83. The maximum Gasteiger partial charge on any atom is 0.337 e. The fourth-order valence-electron chi connectivity index (χ4n) is 0.803. The van der Waals surface area contributed by atoms with E-state index in [1.165, 1.54) is 6.20 Å². The van der Waals surface area contributed by atoms with Crippen LogP contribution in [0.15, 0.2) is 18.5 Å². The summed E-state index contributed by atoms with van der Waals surface area (Å²) in [5.74, 6) is -2.52. The predicted octanol–water partition coefficient (Wildman–Crippen LogP) is 0.738. The molecule has 0 aromatic carbocycles. The number of aromatic carboxylic acids is 1. The van der Waals surface area contributed by atoms with Gasteiger partial charge >= 0.3 is 5.97 Å². The number of carboxylic acids is 1. The quantitative estimate of drug-likeness (QED) is 0.708. The molecule has 0 bridgehead atoms. The fourth-order valence-corrected chi connectivity index (χ4v) is 0.803. The molecule has 68 valence electrons. The lowest BCUT2D eigenvalue weighted by Crippen LogP contribution is -2.10. The van der Waals surface area contributed by atoms with Crippen LogP contribution in [0, 0.1) is 0 Å². The number of nitrogens with zero attached hydrogens (tertiary/aromatic N) is 1. The number of aromatic nitrogens is 1. The first-order chi connectivity index (χ1) is 7.32. The second kappa shape index (κ2) is 3.66. The van der Waals surface area contributed by atoms with Crippen molar-refractivity contribution in [1.82, 2.24) is 4.98 Å². The highest BCUT2D eigenvalue weighted by Gasteiger charge is 2.09. The highest BCUT2D eigenvalue weighted by Crippen LogP contribution is 2.12. The molecule has 1 aromatic rings. The van der Waals surface area contributed by atoms with E-state index in [0.29, 0.717) is 0 Å². The fraction of sp³-hybridized carbons (Fsp3) is 0.125. The van der Waals surface area contributed by atoms with E-state index < -0.39 is 18.7 Å². The van der Waals surface area contributed by atoms with E-state index in [1.807, 2.05) is 5.32 Å². The van der Waals surface area contributed by atoms with Crippen molar-refractivity contribution in [1.29, 1.82) is 0 Å². The third kappa shape index (κ3) is 2.26. The molecule has 5 heteroatoms. The predicted molar refractivity (Wildman–Crippen MR) is 45.5 cm³/mol. The van der Waals surface area contributed by atoms with Crippen molar-refractivity contribution in [2.75, 3.05) is 5.32 Å². The molecule has 0 fully saturated rings. The molecule has 13 heavy (non-hydrogen) atoms. The normalized spacial score (nSPS) is 13.7. The molecule has 1 amide bonds. The molecule has 0 radical (unpaired) electrons. The van der Waals surface area contributed by atoms with Crippen molar-refractivity contribution < 1.29 is 18.8 Å². The molecule has 0 unspecified atom stereocenters. The van der Waals surface area contributed by atoms with Gasteiger partial charge in [0.05, 0.1) is 17.4 Å². The van der Waals surface area contributed by atoms with Crippen LogP contribution in [0.1, 0.15) is 21.3 Å². The van der Waals surface area contributed by atoms with E-state index >= 15 is 0 Å². The van der Waals surface area contributed by atoms with Gasteiger partial charge in [-0.2, -0.15) is 0 Å². The van der Waals surface area contributed by atoms with Crippen LogP contribution in [0.4, 0.5) is 5.69 Å². The third-order valence-electron chi connectivity index (χ3n) is 1.30. The summed E-state index contributed by atoms with van der Waals surface area (Å²) >= 11 is 0. The Morgan fingerprint density at radius 3 is 3.08 bits per heavy atom. The number of pyridine rings is 1. The Morgan fingerprint density at radius 2 is 2.46 bits per heavy atom. The highest BCUT2D eigenvalue weighted by atomic mass is 16.4. The summed E-state index contributed by atoms with van der Waals surface area (Å²) in [4.78, 5) is 25.4. The van der Waals surface area contributed by atoms with Crippen molar-refractivity contribution in [3.05, 3.63) is 24.0 Å². The Kier molecular flexibility index (Phi) is 1.60. The summed E-state index contributed by atoms with van der Waals surface area (Å²) < 4.78 is 20.5. The van der Waals surface area contributed by atoms with Crippen LogP contribution < -0.4 is 5.32 Å². The zero-order valence-corrected chi connectivity index (χ0v) is 6.44. The standard InChI is InChI=1S/C8H8N2O3/c1-5(11)10-7-4-9-3-2-6(7)8(12)13/h2-4H,1H3,(H,10,11)(H,12,13)/i1D3. The second-order valence-corrected chi connectivity index (χ2v) is 2.18. The number of carboxylic acid groups (broad SMARTS) is 1. The first-order valence-corrected chi connectivity index (χ1v) is 3.31. The molecule has 0 aliphatic heterocycles. The topological polar surface area (TPSA) is 79.3 Å². The summed E-state index contributed by atoms with van der Waals surface area (Å²) in [6.45, 7) is -2.83. The van der Waals surface area contributed by atoms with Crippen molar-refractivity contribution in [2.45, 2.75) is 6.85 Å². The molecule has 0 spiro atoms. The number of nitrogens with one attached hydrogen (secondary N) is 1. The smallest absolute Gasteiger partial charge is 0.337 e. The molecule has 1 rings (SSSR count). The third-order valence-corrected chi connectivity index (χ3v) is 1.30. The average molecular weight is 183 g/mol. The molecule has 1 heterocycles. The van der Waals surface area contributed by atoms with Crippen LogP contribution in [0.5, 0.6) is 0 Å². The number of rotatable bonds is 2. The number of carbonyl (C=O) groups excluding carboxylic acids is 1. The SMILES string of the molecule is [2H]C([2H])([2H])C(=O)Nc1cnccc1C(=O)O. The molecule has 0 aliphatic rings. The average Bonchev–Trinajstić information content (AvgIpc) is 2.16. The van der Waals surface area contributed by atoms with Crippen LogP contribution in [-0.4, -0.2) is 22.0 Å². The van der Waals surface area contributed by atoms with Crippen molar-refractivity contribution >= 4 is 17.6 Å². The van der Waals surface area contributed by atoms with Gasteiger partial charge in [-0.15, -0.1) is 0 Å². The zero-order chi connectivity index (χ0) is 12.3. The van der Waals surface area contributed by atoms with Crippen molar-refractivity contribution in [3.63, 3.8) is 0 Å². The minimum absolute atomic E-state index is 0.142. The Hall–Kier alpha value is -1.91. The summed E-state index contributed by atoms with van der Waals surface area (Å²) in [6.07, 6.45) is 2.31. The second-order valence-electron chi connectivity index (χ2n) is 2.18. The van der Waals surface area contributed by atoms with E-state index in [2.05, 4.69) is 4.98 Å². The number of hydrogen-bond acceptors (Lipinski definition) is 3. The number of amides is 1. The molecule has 1 aromatic heterocycles. The number of anilines is 1. The van der Waals surface area contributed by atoms with Crippen molar-refractivity contribution in [3.8, 4) is 0 Å². The van der Waals surface area contributed by atoms with Gasteiger partial charge in [-0.1, -0.05) is 0 Å². The lowest BCUT2D eigenvalue weighted by atomic mass is 10.2. The molecule has 2 N–H and O–H groups in total. The van der Waals surface area contributed by atoms with Gasteiger partial charge in [0.25, 0.3) is 0 Å². The molecular weight excluding hydrogens is 172 g/mol. The first kappa shape index (κ1) is 5.69. The number of hydrogen-bond donors (Lipinski definition) is 2. The monoisotopic (exact) mass is 183 g/mol. The largest absolute Gasteiger partial charge is 0.478 e. The molecule has 0 aliphatic carbocycles. The van der Waals surface area contributed by atoms with E-state index in [0.717, 1.165) is 12.3 Å². The molecule has 0 saturated heterocycles. The Bertz CT molecular complexity index is 431. The molecule has 0 saturated carbocycles. The van der Waals surface area contributed by atoms with Crippen LogP contribution in [0.2, 0.25) is 0 Å². The van der Waals surface area contributed by atoms with E-state index in [4.69, 9.17) is 9.22 Å². The highest BCUT2D eigenvalue weighted by molar-refractivity contribution is 5.99. The van der Waals surface area contributed by atoms with Crippen LogP contribution in [0.3, 0.4) is 0 Å². The van der Waals surface area contributed by atoms with Gasteiger partial charge in [0.15, 0.2) is 0 Å². The van der Waals surface area contributed by atoms with Gasteiger partial charge in [-0.3, -0.25) is 9.78 Å². The zero-order valence-electron chi connectivity index (χ0n) is 9.44. The summed E-state index contributed by atoms with van der Waals surface area (Å²) in [6, 6.07) is 1.16. The Morgan fingerprint density at radius 1 is 1.69 bits per heavy atom. The Balaban J connectivity index is 2.98. The van der Waals surface area contributed by atoms with Gasteiger partial charge in [-0.25, -0.2) is 4.79 Å². The molecule has 5 nitrogen and oxygen atoms in total. The van der Waals surface area contributed by atoms with E-state index in [1.54, 1.807) is 0 Å². The van der Waals surface area contributed by atoms with Crippen LogP contribution in [0.25, 0.3) is 0 Å². The van der Waals surface area contributed by atoms with E-state index in [-0.39, 0.29) is 11.3 Å². The number of carbonyl (C=O) groups is 2. The van der Waals surface area contributed by atoms with Crippen LogP contribution >= 0.6 is 0 Å². The molecule has 0 atom stereocenters. The maximum atomic E-state index is 11.1. The van der Waals surface area contributed by atoms with Gasteiger partial charge in [0, 0.05) is 17.2 Å². The molecular formula is C8H8N2O3. The summed E-state index contributed by atoms with van der Waals surface area (Å²) in [7, 11) is 0. The summed E-state index contributed by atoms with van der Waals surface area (Å²) in [5, 5.41) is 10.7. The van der Waals surface area contributed by atoms with E-state index in [9.17, 15) is 9.59 Å². The van der Waals surface area contributed by atoms with Gasteiger partial charge < -0.3 is 10.4 Å². The first-order valence-electron chi connectivity index (χ1n) is 4.81. The lowest BCUT2D eigenvalue weighted by molar-refractivity contribution is -0.114. The maximum absolute atomic E-state index is 11.1. The van der Waals surface area contributed by atoms with Crippen LogP contribution in [-0.2, 0) is 4.79 Å². The summed E-state index contributed by atoms with van der Waals surface area (Å²) in [5.41, 5.74) is -0.358. The van der Waals surface area contributed by atoms with Gasteiger partial charge in [0.2, 0.25) is 5.91 Å². The van der Waals surface area contributed by atoms with Gasteiger partial charge in [0.1, 0.15) is 0 Å².